The molecule has 0 fully saturated rings. The van der Waals surface area contributed by atoms with E-state index in [9.17, 15) is 9.59 Å². The van der Waals surface area contributed by atoms with Crippen LogP contribution < -0.4 is 15.4 Å². The zero-order valence-electron chi connectivity index (χ0n) is 14.3. The lowest BCUT2D eigenvalue weighted by Crippen LogP contribution is -2.13. The Morgan fingerprint density at radius 1 is 1.11 bits per heavy atom. The van der Waals surface area contributed by atoms with Crippen molar-refractivity contribution in [2.24, 2.45) is 0 Å². The van der Waals surface area contributed by atoms with Crippen molar-refractivity contribution >= 4 is 56.5 Å². The van der Waals surface area contributed by atoms with Gasteiger partial charge in [-0.1, -0.05) is 40.5 Å². The van der Waals surface area contributed by atoms with Crippen molar-refractivity contribution in [1.82, 2.24) is 20.4 Å². The van der Waals surface area contributed by atoms with Gasteiger partial charge in [-0.15, -0.1) is 20.4 Å². The second-order valence-corrected chi connectivity index (χ2v) is 8.40. The Labute approximate surface area is 166 Å². The van der Waals surface area contributed by atoms with E-state index < -0.39 is 0 Å². The van der Waals surface area contributed by atoms with Crippen LogP contribution in [0.2, 0.25) is 0 Å². The van der Waals surface area contributed by atoms with Gasteiger partial charge in [-0.2, -0.15) is 0 Å². The molecule has 2 N–H and O–H groups in total. The van der Waals surface area contributed by atoms with Gasteiger partial charge in [-0.3, -0.25) is 20.2 Å². The first-order valence-corrected chi connectivity index (χ1v) is 10.2. The summed E-state index contributed by atoms with van der Waals surface area (Å²) in [5, 5.41) is 22.5. The summed E-state index contributed by atoms with van der Waals surface area (Å²) in [6, 6.07) is 6.79. The number of hydrogen-bond acceptors (Lipinski definition) is 10. The largest absolute Gasteiger partial charge is 0.497 e. The molecule has 2 amide bonds. The summed E-state index contributed by atoms with van der Waals surface area (Å²) in [5.41, 5.74) is 0.450. The Hall–Kier alpha value is -2.57. The van der Waals surface area contributed by atoms with Gasteiger partial charge in [0.05, 0.1) is 12.9 Å². The zero-order valence-corrected chi connectivity index (χ0v) is 16.7. The van der Waals surface area contributed by atoms with E-state index in [0.717, 1.165) is 5.01 Å². The highest BCUT2D eigenvalue weighted by atomic mass is 32.2. The standard InChI is InChI=1S/C15H14N6O3S3/c1-8-18-19-13(26-8)16-11(22)7-25-15-21-20-14(27-15)17-12(23)9-4-3-5-10(6-9)24-2/h3-6H,7H2,1-2H3,(H,16,19,22)(H,17,20,23). The first kappa shape index (κ1) is 19.2. The molecule has 0 aliphatic carbocycles. The molecule has 0 saturated heterocycles. The topological polar surface area (TPSA) is 119 Å². The average Bonchev–Trinajstić information content (AvgIpc) is 3.28. The summed E-state index contributed by atoms with van der Waals surface area (Å²) < 4.78 is 5.67. The number of thioether (sulfide) groups is 1. The molecule has 0 saturated carbocycles. The zero-order chi connectivity index (χ0) is 19.2. The first-order chi connectivity index (χ1) is 13.0. The number of anilines is 2. The number of hydrogen-bond donors (Lipinski definition) is 2. The summed E-state index contributed by atoms with van der Waals surface area (Å²) in [6.07, 6.45) is 0. The van der Waals surface area contributed by atoms with E-state index in [4.69, 9.17) is 4.74 Å². The van der Waals surface area contributed by atoms with Gasteiger partial charge >= 0.3 is 0 Å². The van der Waals surface area contributed by atoms with Gasteiger partial charge in [0.1, 0.15) is 10.8 Å². The van der Waals surface area contributed by atoms with Crippen molar-refractivity contribution in [2.45, 2.75) is 11.3 Å². The number of nitrogens with zero attached hydrogens (tertiary/aromatic N) is 4. The molecular formula is C15H14N6O3S3. The smallest absolute Gasteiger partial charge is 0.257 e. The van der Waals surface area contributed by atoms with Crippen LogP contribution in [0.15, 0.2) is 28.6 Å². The van der Waals surface area contributed by atoms with Crippen LogP contribution in [0.3, 0.4) is 0 Å². The molecule has 12 heteroatoms. The summed E-state index contributed by atoms with van der Waals surface area (Å²) in [4.78, 5) is 24.2. The number of ether oxygens (including phenoxy) is 1. The molecule has 2 heterocycles. The molecule has 0 aliphatic rings. The van der Waals surface area contributed by atoms with E-state index in [1.54, 1.807) is 24.3 Å². The number of nitrogens with one attached hydrogen (secondary N) is 2. The van der Waals surface area contributed by atoms with Gasteiger partial charge in [0.25, 0.3) is 5.91 Å². The number of methoxy groups -OCH3 is 1. The highest BCUT2D eigenvalue weighted by molar-refractivity contribution is 8.01. The lowest BCUT2D eigenvalue weighted by Gasteiger charge is -2.03. The minimum absolute atomic E-state index is 0.150. The van der Waals surface area contributed by atoms with Crippen molar-refractivity contribution in [3.63, 3.8) is 0 Å². The second-order valence-electron chi connectivity index (χ2n) is 5.02. The fourth-order valence-electron chi connectivity index (χ4n) is 1.88. The summed E-state index contributed by atoms with van der Waals surface area (Å²) in [5.74, 6) is 0.212. The lowest BCUT2D eigenvalue weighted by atomic mass is 10.2. The van der Waals surface area contributed by atoms with Gasteiger partial charge in [0, 0.05) is 5.56 Å². The molecule has 0 radical (unpaired) electrons. The molecule has 3 rings (SSSR count). The Morgan fingerprint density at radius 3 is 2.63 bits per heavy atom. The van der Waals surface area contributed by atoms with E-state index in [2.05, 4.69) is 31.0 Å². The third-order valence-electron chi connectivity index (χ3n) is 3.06. The van der Waals surface area contributed by atoms with Crippen LogP contribution in [-0.4, -0.2) is 45.1 Å². The Morgan fingerprint density at radius 2 is 1.89 bits per heavy atom. The molecular weight excluding hydrogens is 408 g/mol. The Kier molecular flexibility index (Phi) is 6.32. The molecule has 0 atom stereocenters. The maximum absolute atomic E-state index is 12.3. The van der Waals surface area contributed by atoms with Crippen molar-refractivity contribution in [1.29, 1.82) is 0 Å². The van der Waals surface area contributed by atoms with E-state index in [-0.39, 0.29) is 17.6 Å². The molecule has 0 spiro atoms. The van der Waals surface area contributed by atoms with Gasteiger partial charge in [0.2, 0.25) is 16.2 Å². The monoisotopic (exact) mass is 422 g/mol. The summed E-state index contributed by atoms with van der Waals surface area (Å²) in [7, 11) is 1.54. The number of amides is 2. The second kappa shape index (κ2) is 8.88. The van der Waals surface area contributed by atoms with Crippen LogP contribution in [-0.2, 0) is 4.79 Å². The number of carbonyl (C=O) groups excluding carboxylic acids is 2. The van der Waals surface area contributed by atoms with Gasteiger partial charge in [0.15, 0.2) is 4.34 Å². The van der Waals surface area contributed by atoms with Gasteiger partial charge in [-0.25, -0.2) is 0 Å². The minimum atomic E-state index is -0.314. The molecule has 3 aromatic rings. The molecule has 0 unspecified atom stereocenters. The minimum Gasteiger partial charge on any atom is -0.497 e. The van der Waals surface area contributed by atoms with Crippen LogP contribution in [0.4, 0.5) is 10.3 Å². The third-order valence-corrected chi connectivity index (χ3v) is 5.78. The maximum Gasteiger partial charge on any atom is 0.257 e. The fraction of sp³-hybridized carbons (Fsp3) is 0.200. The molecule has 27 heavy (non-hydrogen) atoms. The predicted octanol–water partition coefficient (Wildman–Crippen LogP) is 2.69. The number of benzene rings is 1. The van der Waals surface area contributed by atoms with Crippen molar-refractivity contribution in [2.75, 3.05) is 23.5 Å². The Bertz CT molecular complexity index is 958. The van der Waals surface area contributed by atoms with Crippen LogP contribution in [0.25, 0.3) is 0 Å². The summed E-state index contributed by atoms with van der Waals surface area (Å²) in [6.45, 7) is 1.81. The molecule has 1 aromatic carbocycles. The number of carbonyl (C=O) groups is 2. The molecule has 0 bridgehead atoms. The van der Waals surface area contributed by atoms with Crippen LogP contribution >= 0.6 is 34.4 Å². The number of aromatic nitrogens is 4. The van der Waals surface area contributed by atoms with Gasteiger partial charge in [-0.05, 0) is 25.1 Å². The number of rotatable bonds is 7. The van der Waals surface area contributed by atoms with Crippen molar-refractivity contribution in [3.05, 3.63) is 34.8 Å². The lowest BCUT2D eigenvalue weighted by molar-refractivity contribution is -0.113. The first-order valence-electron chi connectivity index (χ1n) is 7.55. The van der Waals surface area contributed by atoms with Crippen molar-refractivity contribution < 1.29 is 14.3 Å². The maximum atomic E-state index is 12.3. The van der Waals surface area contributed by atoms with Crippen molar-refractivity contribution in [3.8, 4) is 5.75 Å². The van der Waals surface area contributed by atoms with E-state index in [0.29, 0.717) is 25.9 Å². The van der Waals surface area contributed by atoms with E-state index in [1.807, 2.05) is 6.92 Å². The quantitative estimate of drug-likeness (QED) is 0.441. The molecule has 0 aliphatic heterocycles. The Balaban J connectivity index is 1.52. The SMILES string of the molecule is COc1cccc(C(=O)Nc2nnc(SCC(=O)Nc3nnc(C)s3)s2)c1. The van der Waals surface area contributed by atoms with E-state index in [1.165, 1.54) is 41.5 Å². The molecule has 9 nitrogen and oxygen atoms in total. The highest BCUT2D eigenvalue weighted by Crippen LogP contribution is 2.26. The van der Waals surface area contributed by atoms with Crippen LogP contribution in [0, 0.1) is 6.92 Å². The highest BCUT2D eigenvalue weighted by Gasteiger charge is 2.13. The third kappa shape index (κ3) is 5.45. The van der Waals surface area contributed by atoms with E-state index >= 15 is 0 Å². The van der Waals surface area contributed by atoms with Crippen LogP contribution in [0.1, 0.15) is 15.4 Å². The normalized spacial score (nSPS) is 10.4. The molecule has 140 valence electrons. The predicted molar refractivity (Wildman–Crippen MR) is 105 cm³/mol. The summed E-state index contributed by atoms with van der Waals surface area (Å²) >= 11 is 3.72. The molecule has 2 aromatic heterocycles. The average molecular weight is 423 g/mol. The number of aryl methyl sites for hydroxylation is 1. The van der Waals surface area contributed by atoms with Crippen LogP contribution in [0.5, 0.6) is 5.75 Å². The van der Waals surface area contributed by atoms with Gasteiger partial charge < -0.3 is 4.74 Å². The fourth-order valence-corrected chi connectivity index (χ4v) is 4.04.